The maximum Gasteiger partial charge on any atom is 0.251 e. The molecule has 4 rings (SSSR count). The number of sulfonamides is 1. The summed E-state index contributed by atoms with van der Waals surface area (Å²) in [7, 11) is -2.53. The van der Waals surface area contributed by atoms with Gasteiger partial charge < -0.3 is 25.4 Å². The zero-order valence-electron chi connectivity index (χ0n) is 21.2. The van der Waals surface area contributed by atoms with E-state index in [0.717, 1.165) is 25.9 Å². The lowest BCUT2D eigenvalue weighted by atomic mass is 9.90. The lowest BCUT2D eigenvalue weighted by Gasteiger charge is -2.27. The first-order valence-corrected chi connectivity index (χ1v) is 14.1. The van der Waals surface area contributed by atoms with Gasteiger partial charge in [0.05, 0.1) is 13.7 Å². The average molecular weight is 549 g/mol. The summed E-state index contributed by atoms with van der Waals surface area (Å²) in [6.07, 6.45) is 2.75. The number of carbonyl (C=O) groups is 2. The van der Waals surface area contributed by atoms with Gasteiger partial charge in [0.1, 0.15) is 22.5 Å². The van der Waals surface area contributed by atoms with Gasteiger partial charge in [-0.25, -0.2) is 17.5 Å². The van der Waals surface area contributed by atoms with Crippen LogP contribution in [0.25, 0.3) is 0 Å². The first kappa shape index (κ1) is 28.0. The molecular weight excluding hydrogens is 515 g/mol. The van der Waals surface area contributed by atoms with Gasteiger partial charge in [-0.3, -0.25) is 9.59 Å². The van der Waals surface area contributed by atoms with Gasteiger partial charge in [0.25, 0.3) is 5.91 Å². The smallest absolute Gasteiger partial charge is 0.251 e. The first-order valence-electron chi connectivity index (χ1n) is 12.6. The second kappa shape index (κ2) is 12.7. The van der Waals surface area contributed by atoms with Crippen molar-refractivity contribution in [3.05, 3.63) is 53.8 Å². The van der Waals surface area contributed by atoms with Crippen LogP contribution in [-0.2, 0) is 19.6 Å². The zero-order valence-corrected chi connectivity index (χ0v) is 22.0. The molecule has 0 aromatic heterocycles. The molecule has 0 radical (unpaired) electrons. The second-order valence-corrected chi connectivity index (χ2v) is 11.2. The Kier molecular flexibility index (Phi) is 9.31. The molecule has 4 N–H and O–H groups in total. The molecule has 38 heavy (non-hydrogen) atoms. The predicted octanol–water partition coefficient (Wildman–Crippen LogP) is 2.03. The maximum absolute atomic E-state index is 13.3. The summed E-state index contributed by atoms with van der Waals surface area (Å²) in [5.74, 6) is -1.10. The number of piperidine rings is 1. The monoisotopic (exact) mass is 548 g/mol. The average Bonchev–Trinajstić information content (AvgIpc) is 3.41. The normalized spacial score (nSPS) is 19.1. The van der Waals surface area contributed by atoms with Crippen molar-refractivity contribution in [3.63, 3.8) is 0 Å². The number of hydrogen-bond acceptors (Lipinski definition) is 7. The third-order valence-corrected chi connectivity index (χ3v) is 8.29. The highest BCUT2D eigenvalue weighted by atomic mass is 32.2. The lowest BCUT2D eigenvalue weighted by Crippen LogP contribution is -2.46. The molecule has 2 aromatic rings. The largest absolute Gasteiger partial charge is 0.495 e. The van der Waals surface area contributed by atoms with Crippen molar-refractivity contribution in [2.75, 3.05) is 38.7 Å². The summed E-state index contributed by atoms with van der Waals surface area (Å²) in [5.41, 5.74) is 0.562. The van der Waals surface area contributed by atoms with Crippen molar-refractivity contribution in [3.8, 4) is 5.75 Å². The van der Waals surface area contributed by atoms with E-state index in [2.05, 4.69) is 20.7 Å². The van der Waals surface area contributed by atoms with E-state index in [1.165, 1.54) is 49.6 Å². The van der Waals surface area contributed by atoms with Crippen molar-refractivity contribution >= 4 is 27.5 Å². The minimum atomic E-state index is -3.87. The van der Waals surface area contributed by atoms with Crippen LogP contribution in [0, 0.1) is 11.7 Å². The molecular formula is C26H33FN4O6S. The molecule has 2 saturated heterocycles. The molecule has 206 valence electrons. The third kappa shape index (κ3) is 7.28. The van der Waals surface area contributed by atoms with Gasteiger partial charge in [-0.1, -0.05) is 0 Å². The van der Waals surface area contributed by atoms with Crippen LogP contribution in [-0.4, -0.2) is 65.7 Å². The van der Waals surface area contributed by atoms with Gasteiger partial charge >= 0.3 is 0 Å². The second-order valence-electron chi connectivity index (χ2n) is 9.50. The van der Waals surface area contributed by atoms with Gasteiger partial charge in [0.15, 0.2) is 0 Å². The van der Waals surface area contributed by atoms with Crippen LogP contribution < -0.4 is 25.4 Å². The molecule has 0 bridgehead atoms. The highest BCUT2D eigenvalue weighted by molar-refractivity contribution is 7.89. The van der Waals surface area contributed by atoms with Crippen LogP contribution >= 0.6 is 0 Å². The Hall–Kier alpha value is -3.06. The minimum absolute atomic E-state index is 0.0548. The summed E-state index contributed by atoms with van der Waals surface area (Å²) >= 11 is 0. The SMILES string of the molecule is COc1cc(NC(=O)[C@H](CC2CCNCC2)NC(=O)c2ccc(F)cc2)ccc1S(=O)(=O)N[C@@H]1CCOC1. The van der Waals surface area contributed by atoms with E-state index in [9.17, 15) is 22.4 Å². The molecule has 2 fully saturated rings. The van der Waals surface area contributed by atoms with Crippen molar-refractivity contribution in [1.82, 2.24) is 15.4 Å². The quantitative estimate of drug-likeness (QED) is 0.357. The Morgan fingerprint density at radius 3 is 2.53 bits per heavy atom. The number of ether oxygens (including phenoxy) is 2. The lowest BCUT2D eigenvalue weighted by molar-refractivity contribution is -0.118. The molecule has 0 saturated carbocycles. The Labute approximate surface area is 221 Å². The van der Waals surface area contributed by atoms with Crippen LogP contribution in [0.15, 0.2) is 47.4 Å². The Morgan fingerprint density at radius 2 is 1.87 bits per heavy atom. The van der Waals surface area contributed by atoms with E-state index < -0.39 is 33.7 Å². The molecule has 2 aromatic carbocycles. The predicted molar refractivity (Wildman–Crippen MR) is 139 cm³/mol. The molecule has 2 atom stereocenters. The molecule has 0 unspecified atom stereocenters. The number of rotatable bonds is 10. The summed E-state index contributed by atoms with van der Waals surface area (Å²) < 4.78 is 52.3. The number of anilines is 1. The molecule has 0 aliphatic carbocycles. The standard InChI is InChI=1S/C26H33FN4O6S/c1-36-23-15-20(6-7-24(23)38(34,35)31-21-10-13-37-16-21)29-26(33)22(14-17-8-11-28-12-9-17)30-25(32)18-2-4-19(27)5-3-18/h2-7,15,17,21-22,28,31H,8-14,16H2,1H3,(H,29,33)(H,30,32)/t21-,22+/m1/s1. The number of methoxy groups -OCH3 is 1. The number of nitrogens with one attached hydrogen (secondary N) is 4. The van der Waals surface area contributed by atoms with Gasteiger partial charge in [-0.2, -0.15) is 0 Å². The van der Waals surface area contributed by atoms with Gasteiger partial charge in [0, 0.05) is 30.0 Å². The fraction of sp³-hybridized carbons (Fsp3) is 0.462. The van der Waals surface area contributed by atoms with Crippen LogP contribution in [0.3, 0.4) is 0 Å². The van der Waals surface area contributed by atoms with Crippen molar-refractivity contribution < 1.29 is 31.9 Å². The van der Waals surface area contributed by atoms with Gasteiger partial charge in [-0.05, 0) is 81.1 Å². The zero-order chi connectivity index (χ0) is 27.1. The van der Waals surface area contributed by atoms with Gasteiger partial charge in [0.2, 0.25) is 15.9 Å². The van der Waals surface area contributed by atoms with E-state index in [1.807, 2.05) is 0 Å². The van der Waals surface area contributed by atoms with Gasteiger partial charge in [-0.15, -0.1) is 0 Å². The third-order valence-electron chi connectivity index (χ3n) is 6.73. The fourth-order valence-electron chi connectivity index (χ4n) is 4.63. The molecule has 2 aliphatic rings. The number of hydrogen-bond donors (Lipinski definition) is 4. The van der Waals surface area contributed by atoms with E-state index >= 15 is 0 Å². The Morgan fingerprint density at radius 1 is 1.13 bits per heavy atom. The van der Waals surface area contributed by atoms with E-state index in [-0.39, 0.29) is 28.2 Å². The molecule has 10 nitrogen and oxygen atoms in total. The number of carbonyl (C=O) groups excluding carboxylic acids is 2. The molecule has 2 aliphatic heterocycles. The number of halogens is 1. The van der Waals surface area contributed by atoms with E-state index in [4.69, 9.17) is 9.47 Å². The molecule has 12 heteroatoms. The number of benzene rings is 2. The highest BCUT2D eigenvalue weighted by Gasteiger charge is 2.29. The summed E-state index contributed by atoms with van der Waals surface area (Å²) in [6, 6.07) is 8.20. The van der Waals surface area contributed by atoms with Crippen molar-refractivity contribution in [1.29, 1.82) is 0 Å². The van der Waals surface area contributed by atoms with Crippen molar-refractivity contribution in [2.24, 2.45) is 5.92 Å². The fourth-order valence-corrected chi connectivity index (χ4v) is 6.04. The highest BCUT2D eigenvalue weighted by Crippen LogP contribution is 2.28. The van der Waals surface area contributed by atoms with Crippen LogP contribution in [0.2, 0.25) is 0 Å². The number of amides is 2. The Bertz CT molecular complexity index is 1230. The molecule has 2 heterocycles. The molecule has 2 amide bonds. The first-order chi connectivity index (χ1) is 18.2. The topological polar surface area (TPSA) is 135 Å². The van der Waals surface area contributed by atoms with Crippen LogP contribution in [0.5, 0.6) is 5.75 Å². The minimum Gasteiger partial charge on any atom is -0.495 e. The maximum atomic E-state index is 13.3. The summed E-state index contributed by atoms with van der Waals surface area (Å²) in [4.78, 5) is 26.1. The van der Waals surface area contributed by atoms with Crippen LogP contribution in [0.4, 0.5) is 10.1 Å². The summed E-state index contributed by atoms with van der Waals surface area (Å²) in [6.45, 7) is 2.46. The molecule has 0 spiro atoms. The van der Waals surface area contributed by atoms with Crippen LogP contribution in [0.1, 0.15) is 36.0 Å². The van der Waals surface area contributed by atoms with E-state index in [0.29, 0.717) is 31.7 Å². The van der Waals surface area contributed by atoms with E-state index in [1.54, 1.807) is 0 Å². The van der Waals surface area contributed by atoms with Crippen molar-refractivity contribution in [2.45, 2.75) is 42.7 Å². The Balaban J connectivity index is 1.50. The summed E-state index contributed by atoms with van der Waals surface area (Å²) in [5, 5.41) is 8.84.